The molecule has 0 aliphatic rings. The van der Waals surface area contributed by atoms with Crippen molar-refractivity contribution in [2.45, 2.75) is 51.9 Å². The molecule has 0 fully saturated rings. The molecular weight excluding hydrogens is 308 g/mol. The smallest absolute Gasteiger partial charge is 0.233 e. The number of carbonyl (C=O) groups is 1. The zero-order chi connectivity index (χ0) is 17.0. The standard InChI is InChI=1S/C17H24N4OS/c1-12(2)21(13(3)4)16(22)10-23-17-19-18-11-20(17)15-9-7-6-8-14(15)5/h6-9,11-13H,10H2,1-5H3. The van der Waals surface area contributed by atoms with Gasteiger partial charge in [0, 0.05) is 12.1 Å². The highest BCUT2D eigenvalue weighted by Gasteiger charge is 2.21. The van der Waals surface area contributed by atoms with Crippen molar-refractivity contribution in [2.24, 2.45) is 0 Å². The Kier molecular flexibility index (Phi) is 5.82. The van der Waals surface area contributed by atoms with E-state index in [4.69, 9.17) is 0 Å². The van der Waals surface area contributed by atoms with E-state index < -0.39 is 0 Å². The van der Waals surface area contributed by atoms with Gasteiger partial charge < -0.3 is 4.90 Å². The minimum Gasteiger partial charge on any atom is -0.337 e. The molecule has 1 aromatic carbocycles. The zero-order valence-electron chi connectivity index (χ0n) is 14.4. The molecule has 0 radical (unpaired) electrons. The highest BCUT2D eigenvalue weighted by Crippen LogP contribution is 2.22. The summed E-state index contributed by atoms with van der Waals surface area (Å²) in [5.41, 5.74) is 2.18. The number of benzene rings is 1. The number of carbonyl (C=O) groups excluding carboxylic acids is 1. The van der Waals surface area contributed by atoms with Crippen LogP contribution in [-0.4, -0.2) is 43.4 Å². The van der Waals surface area contributed by atoms with Crippen LogP contribution >= 0.6 is 11.8 Å². The molecule has 23 heavy (non-hydrogen) atoms. The summed E-state index contributed by atoms with van der Waals surface area (Å²) in [4.78, 5) is 14.4. The van der Waals surface area contributed by atoms with E-state index in [2.05, 4.69) is 10.2 Å². The molecule has 2 rings (SSSR count). The second kappa shape index (κ2) is 7.64. The van der Waals surface area contributed by atoms with E-state index in [1.165, 1.54) is 11.8 Å². The van der Waals surface area contributed by atoms with Gasteiger partial charge in [0.15, 0.2) is 5.16 Å². The van der Waals surface area contributed by atoms with Crippen molar-refractivity contribution >= 4 is 17.7 Å². The molecule has 1 heterocycles. The quantitative estimate of drug-likeness (QED) is 0.762. The lowest BCUT2D eigenvalue weighted by atomic mass is 10.2. The predicted octanol–water partition coefficient (Wildman–Crippen LogP) is 3.31. The first-order chi connectivity index (χ1) is 10.9. The van der Waals surface area contributed by atoms with Crippen LogP contribution in [0.15, 0.2) is 35.7 Å². The molecule has 0 spiro atoms. The monoisotopic (exact) mass is 332 g/mol. The molecule has 0 atom stereocenters. The number of hydrogen-bond donors (Lipinski definition) is 0. The van der Waals surface area contributed by atoms with Gasteiger partial charge in [-0.3, -0.25) is 9.36 Å². The van der Waals surface area contributed by atoms with Gasteiger partial charge in [0.1, 0.15) is 6.33 Å². The maximum atomic E-state index is 12.5. The van der Waals surface area contributed by atoms with Crippen LogP contribution < -0.4 is 0 Å². The molecule has 0 aliphatic carbocycles. The van der Waals surface area contributed by atoms with E-state index in [0.717, 1.165) is 16.4 Å². The number of amides is 1. The summed E-state index contributed by atoms with van der Waals surface area (Å²) in [5, 5.41) is 8.90. The van der Waals surface area contributed by atoms with Gasteiger partial charge >= 0.3 is 0 Å². The summed E-state index contributed by atoms with van der Waals surface area (Å²) in [5.74, 6) is 0.486. The number of thioether (sulfide) groups is 1. The Balaban J connectivity index is 2.13. The van der Waals surface area contributed by atoms with Gasteiger partial charge in [0.05, 0.1) is 11.4 Å². The van der Waals surface area contributed by atoms with E-state index in [9.17, 15) is 4.79 Å². The van der Waals surface area contributed by atoms with Crippen molar-refractivity contribution in [3.05, 3.63) is 36.2 Å². The van der Waals surface area contributed by atoms with Crippen LogP contribution in [0.25, 0.3) is 5.69 Å². The predicted molar refractivity (Wildman–Crippen MR) is 93.9 cm³/mol. The van der Waals surface area contributed by atoms with Crippen molar-refractivity contribution < 1.29 is 4.79 Å². The van der Waals surface area contributed by atoms with Crippen molar-refractivity contribution in [3.8, 4) is 5.69 Å². The Hall–Kier alpha value is -1.82. The van der Waals surface area contributed by atoms with Crippen molar-refractivity contribution in [1.29, 1.82) is 0 Å². The molecule has 0 unspecified atom stereocenters. The number of hydrogen-bond acceptors (Lipinski definition) is 4. The van der Waals surface area contributed by atoms with E-state index >= 15 is 0 Å². The van der Waals surface area contributed by atoms with Crippen molar-refractivity contribution in [1.82, 2.24) is 19.7 Å². The molecule has 1 aromatic heterocycles. The molecule has 0 saturated carbocycles. The first kappa shape index (κ1) is 17.5. The normalized spacial score (nSPS) is 11.3. The lowest BCUT2D eigenvalue weighted by molar-refractivity contribution is -0.131. The lowest BCUT2D eigenvalue weighted by Gasteiger charge is -2.30. The van der Waals surface area contributed by atoms with Crippen molar-refractivity contribution in [2.75, 3.05) is 5.75 Å². The second-order valence-electron chi connectivity index (χ2n) is 6.05. The van der Waals surface area contributed by atoms with Gasteiger partial charge in [-0.2, -0.15) is 0 Å². The van der Waals surface area contributed by atoms with Gasteiger partial charge in [-0.1, -0.05) is 30.0 Å². The molecule has 0 aliphatic heterocycles. The summed E-state index contributed by atoms with van der Waals surface area (Å²) in [6, 6.07) is 8.45. The minimum absolute atomic E-state index is 0.124. The highest BCUT2D eigenvalue weighted by molar-refractivity contribution is 7.99. The second-order valence-corrected chi connectivity index (χ2v) is 6.99. The van der Waals surface area contributed by atoms with Crippen LogP contribution in [-0.2, 0) is 4.79 Å². The van der Waals surface area contributed by atoms with E-state index in [-0.39, 0.29) is 18.0 Å². The van der Waals surface area contributed by atoms with Crippen LogP contribution in [0.2, 0.25) is 0 Å². The molecular formula is C17H24N4OS. The first-order valence-corrected chi connectivity index (χ1v) is 8.80. The molecule has 124 valence electrons. The number of aromatic nitrogens is 3. The zero-order valence-corrected chi connectivity index (χ0v) is 15.2. The SMILES string of the molecule is Cc1ccccc1-n1cnnc1SCC(=O)N(C(C)C)C(C)C. The molecule has 5 nitrogen and oxygen atoms in total. The first-order valence-electron chi connectivity index (χ1n) is 7.81. The Morgan fingerprint density at radius 3 is 2.48 bits per heavy atom. The maximum absolute atomic E-state index is 12.5. The van der Waals surface area contributed by atoms with Crippen LogP contribution in [0.5, 0.6) is 0 Å². The topological polar surface area (TPSA) is 51.0 Å². The Bertz CT molecular complexity index is 658. The third kappa shape index (κ3) is 4.13. The number of para-hydroxylation sites is 1. The fourth-order valence-corrected chi connectivity index (χ4v) is 3.49. The van der Waals surface area contributed by atoms with Gasteiger partial charge in [0.2, 0.25) is 5.91 Å². The van der Waals surface area contributed by atoms with Gasteiger partial charge in [0.25, 0.3) is 0 Å². The summed E-state index contributed by atoms with van der Waals surface area (Å²) in [6.45, 7) is 10.2. The average Bonchev–Trinajstić information content (AvgIpc) is 2.93. The summed E-state index contributed by atoms with van der Waals surface area (Å²) in [7, 11) is 0. The van der Waals surface area contributed by atoms with E-state index in [1.54, 1.807) is 6.33 Å². The Labute approximate surface area is 142 Å². The van der Waals surface area contributed by atoms with E-state index in [1.807, 2.05) is 68.4 Å². The maximum Gasteiger partial charge on any atom is 0.233 e. The summed E-state index contributed by atoms with van der Waals surface area (Å²) < 4.78 is 1.93. The lowest BCUT2D eigenvalue weighted by Crippen LogP contribution is -2.43. The highest BCUT2D eigenvalue weighted by atomic mass is 32.2. The minimum atomic E-state index is 0.124. The number of rotatable bonds is 6. The van der Waals surface area contributed by atoms with Crippen molar-refractivity contribution in [3.63, 3.8) is 0 Å². The molecule has 0 bridgehead atoms. The van der Waals surface area contributed by atoms with Crippen LogP contribution in [0.1, 0.15) is 33.3 Å². The fraction of sp³-hybridized carbons (Fsp3) is 0.471. The third-order valence-electron chi connectivity index (χ3n) is 3.62. The fourth-order valence-electron chi connectivity index (χ4n) is 2.69. The average molecular weight is 332 g/mol. The van der Waals surface area contributed by atoms with Crippen LogP contribution in [0.3, 0.4) is 0 Å². The number of nitrogens with zero attached hydrogens (tertiary/aromatic N) is 4. The molecule has 0 saturated heterocycles. The molecule has 6 heteroatoms. The molecule has 2 aromatic rings. The van der Waals surface area contributed by atoms with Crippen LogP contribution in [0.4, 0.5) is 0 Å². The third-order valence-corrected chi connectivity index (χ3v) is 4.54. The summed E-state index contributed by atoms with van der Waals surface area (Å²) in [6.07, 6.45) is 1.69. The molecule has 0 N–H and O–H groups in total. The Morgan fingerprint density at radius 1 is 1.22 bits per heavy atom. The largest absolute Gasteiger partial charge is 0.337 e. The summed E-state index contributed by atoms with van der Waals surface area (Å²) >= 11 is 1.43. The Morgan fingerprint density at radius 2 is 1.87 bits per heavy atom. The number of aryl methyl sites for hydroxylation is 1. The molecule has 1 amide bonds. The van der Waals surface area contributed by atoms with Gasteiger partial charge in [-0.15, -0.1) is 10.2 Å². The van der Waals surface area contributed by atoms with E-state index in [0.29, 0.717) is 5.75 Å². The van der Waals surface area contributed by atoms with Crippen LogP contribution in [0, 0.1) is 6.92 Å². The van der Waals surface area contributed by atoms with Gasteiger partial charge in [-0.05, 0) is 46.2 Å². The van der Waals surface area contributed by atoms with Gasteiger partial charge in [-0.25, -0.2) is 0 Å².